The molecule has 0 aromatic carbocycles. The third-order valence-corrected chi connectivity index (χ3v) is 5.40. The van der Waals surface area contributed by atoms with Crippen LogP contribution in [0.4, 0.5) is 4.39 Å². The summed E-state index contributed by atoms with van der Waals surface area (Å²) in [5.74, 6) is -0.930. The third kappa shape index (κ3) is 2.79. The van der Waals surface area contributed by atoms with Crippen molar-refractivity contribution in [3.8, 4) is 0 Å². The van der Waals surface area contributed by atoms with Crippen LogP contribution >= 0.6 is 11.6 Å². The molecule has 9 heteroatoms. The molecule has 0 saturated carbocycles. The number of ether oxygens (including phenoxy) is 1. The van der Waals surface area contributed by atoms with Crippen LogP contribution in [-0.2, 0) is 14.8 Å². The van der Waals surface area contributed by atoms with E-state index in [1.165, 1.54) is 7.11 Å². The second kappa shape index (κ2) is 5.90. The summed E-state index contributed by atoms with van der Waals surface area (Å²) in [6.45, 7) is -0.194. The molecule has 2 atom stereocenters. The number of pyridine rings is 1. The van der Waals surface area contributed by atoms with Gasteiger partial charge in [-0.25, -0.2) is 13.4 Å². The van der Waals surface area contributed by atoms with Crippen molar-refractivity contribution >= 4 is 21.6 Å². The van der Waals surface area contributed by atoms with Gasteiger partial charge in [0.1, 0.15) is 4.90 Å². The Morgan fingerprint density at radius 3 is 2.90 bits per heavy atom. The minimum atomic E-state index is -3.90. The summed E-state index contributed by atoms with van der Waals surface area (Å²) in [5.41, 5.74) is 0. The van der Waals surface area contributed by atoms with E-state index >= 15 is 0 Å². The molecule has 0 amide bonds. The maximum atomic E-state index is 13.0. The quantitative estimate of drug-likeness (QED) is 0.822. The van der Waals surface area contributed by atoms with Gasteiger partial charge in [-0.15, -0.1) is 0 Å². The van der Waals surface area contributed by atoms with Crippen LogP contribution in [0.1, 0.15) is 6.42 Å². The van der Waals surface area contributed by atoms with Crippen molar-refractivity contribution in [2.75, 3.05) is 20.3 Å². The normalized spacial score (nSPS) is 24.2. The highest BCUT2D eigenvalue weighted by atomic mass is 35.5. The Labute approximate surface area is 121 Å². The molecule has 1 saturated heterocycles. The van der Waals surface area contributed by atoms with Crippen molar-refractivity contribution in [3.05, 3.63) is 23.2 Å². The standard InChI is InChI=1S/C11H14ClFN2O4S/c1-19-8-2-7(6-16)15(5-8)20(17,18)9-3-10(12)11(13)14-4-9/h3-4,7-8,16H,2,5-6H2,1H3/t7-,8-/m0/s1. The molecule has 1 fully saturated rings. The predicted molar refractivity (Wildman–Crippen MR) is 69.4 cm³/mol. The first-order chi connectivity index (χ1) is 9.40. The summed E-state index contributed by atoms with van der Waals surface area (Å²) in [7, 11) is -2.42. The third-order valence-electron chi connectivity index (χ3n) is 3.25. The van der Waals surface area contributed by atoms with Gasteiger partial charge in [0.2, 0.25) is 16.0 Å². The number of halogens is 2. The number of hydrogen-bond acceptors (Lipinski definition) is 5. The van der Waals surface area contributed by atoms with Crippen LogP contribution in [-0.4, -0.2) is 55.2 Å². The molecule has 1 aliphatic heterocycles. The van der Waals surface area contributed by atoms with Gasteiger partial charge in [0.25, 0.3) is 0 Å². The average Bonchev–Trinajstić information content (AvgIpc) is 2.85. The molecule has 20 heavy (non-hydrogen) atoms. The molecule has 0 aliphatic carbocycles. The Hall–Kier alpha value is -0.800. The highest BCUT2D eigenvalue weighted by molar-refractivity contribution is 7.89. The first kappa shape index (κ1) is 15.6. The highest BCUT2D eigenvalue weighted by Crippen LogP contribution is 2.28. The van der Waals surface area contributed by atoms with Crippen LogP contribution in [0, 0.1) is 5.95 Å². The van der Waals surface area contributed by atoms with Gasteiger partial charge in [-0.1, -0.05) is 11.6 Å². The number of rotatable bonds is 4. The minimum Gasteiger partial charge on any atom is -0.395 e. The average molecular weight is 325 g/mol. The molecule has 0 unspecified atom stereocenters. The molecule has 1 aliphatic rings. The van der Waals surface area contributed by atoms with Crippen molar-refractivity contribution in [1.29, 1.82) is 0 Å². The second-order valence-electron chi connectivity index (χ2n) is 4.45. The number of aliphatic hydroxyl groups is 1. The minimum absolute atomic E-state index is 0.124. The maximum absolute atomic E-state index is 13.0. The molecule has 1 N–H and O–H groups in total. The number of aromatic nitrogens is 1. The smallest absolute Gasteiger partial charge is 0.245 e. The molecular formula is C11H14ClFN2O4S. The van der Waals surface area contributed by atoms with Crippen LogP contribution in [0.15, 0.2) is 17.2 Å². The fraction of sp³-hybridized carbons (Fsp3) is 0.545. The zero-order valence-electron chi connectivity index (χ0n) is 10.7. The molecule has 0 radical (unpaired) electrons. The van der Waals surface area contributed by atoms with Crippen LogP contribution in [0.2, 0.25) is 5.02 Å². The number of methoxy groups -OCH3 is 1. The fourth-order valence-electron chi connectivity index (χ4n) is 2.16. The van der Waals surface area contributed by atoms with Crippen molar-refractivity contribution in [2.24, 2.45) is 0 Å². The van der Waals surface area contributed by atoms with Crippen molar-refractivity contribution in [1.82, 2.24) is 9.29 Å². The zero-order chi connectivity index (χ0) is 14.9. The number of hydrogen-bond donors (Lipinski definition) is 1. The van der Waals surface area contributed by atoms with Gasteiger partial charge in [-0.3, -0.25) is 0 Å². The van der Waals surface area contributed by atoms with Crippen molar-refractivity contribution in [3.63, 3.8) is 0 Å². The van der Waals surface area contributed by atoms with Gasteiger partial charge in [0.15, 0.2) is 0 Å². The molecule has 112 valence electrons. The molecule has 1 aromatic rings. The lowest BCUT2D eigenvalue weighted by Gasteiger charge is -2.22. The van der Waals surface area contributed by atoms with Crippen molar-refractivity contribution < 1.29 is 22.7 Å². The number of sulfonamides is 1. The first-order valence-corrected chi connectivity index (χ1v) is 7.68. The molecule has 0 spiro atoms. The van der Waals surface area contributed by atoms with E-state index in [1.807, 2.05) is 0 Å². The first-order valence-electron chi connectivity index (χ1n) is 5.86. The lowest BCUT2D eigenvalue weighted by Crippen LogP contribution is -2.38. The van der Waals surface area contributed by atoms with Crippen LogP contribution in [0.5, 0.6) is 0 Å². The Morgan fingerprint density at radius 2 is 2.35 bits per heavy atom. The van der Waals surface area contributed by atoms with E-state index in [4.69, 9.17) is 16.3 Å². The fourth-order valence-corrected chi connectivity index (χ4v) is 4.02. The van der Waals surface area contributed by atoms with E-state index in [1.54, 1.807) is 0 Å². The Balaban J connectivity index is 2.36. The van der Waals surface area contributed by atoms with Crippen molar-refractivity contribution in [2.45, 2.75) is 23.5 Å². The summed E-state index contributed by atoms with van der Waals surface area (Å²) >= 11 is 5.56. The summed E-state index contributed by atoms with van der Waals surface area (Å²) in [4.78, 5) is 3.10. The zero-order valence-corrected chi connectivity index (χ0v) is 12.2. The molecular weight excluding hydrogens is 311 g/mol. The van der Waals surface area contributed by atoms with E-state index in [-0.39, 0.29) is 29.2 Å². The monoisotopic (exact) mass is 324 g/mol. The molecule has 6 nitrogen and oxygen atoms in total. The van der Waals surface area contributed by atoms with E-state index in [0.29, 0.717) is 6.42 Å². The molecule has 0 bridgehead atoms. The predicted octanol–water partition coefficient (Wildman–Crippen LogP) is 0.644. The maximum Gasteiger partial charge on any atom is 0.245 e. The molecule has 2 heterocycles. The summed E-state index contributed by atoms with van der Waals surface area (Å²) in [6.07, 6.45) is 1.02. The lowest BCUT2D eigenvalue weighted by atomic mass is 10.2. The molecule has 2 rings (SSSR count). The number of aliphatic hydroxyl groups excluding tert-OH is 1. The lowest BCUT2D eigenvalue weighted by molar-refractivity contribution is 0.113. The van der Waals surface area contributed by atoms with E-state index in [0.717, 1.165) is 16.6 Å². The Bertz CT molecular complexity index is 598. The van der Waals surface area contributed by atoms with E-state index < -0.39 is 22.0 Å². The van der Waals surface area contributed by atoms with Gasteiger partial charge in [-0.2, -0.15) is 8.70 Å². The van der Waals surface area contributed by atoms with Gasteiger partial charge in [-0.05, 0) is 12.5 Å². The van der Waals surface area contributed by atoms with Gasteiger partial charge < -0.3 is 9.84 Å². The van der Waals surface area contributed by atoms with Gasteiger partial charge in [0, 0.05) is 13.7 Å². The van der Waals surface area contributed by atoms with E-state index in [2.05, 4.69) is 4.98 Å². The largest absolute Gasteiger partial charge is 0.395 e. The summed E-state index contributed by atoms with van der Waals surface area (Å²) in [5, 5.41) is 8.93. The Morgan fingerprint density at radius 1 is 1.65 bits per heavy atom. The van der Waals surface area contributed by atoms with E-state index in [9.17, 15) is 17.9 Å². The SMILES string of the molecule is CO[C@H]1C[C@@H](CO)N(S(=O)(=O)c2cnc(F)c(Cl)c2)C1. The van der Waals surface area contributed by atoms with Gasteiger partial charge in [0.05, 0.1) is 30.0 Å². The topological polar surface area (TPSA) is 79.7 Å². The number of nitrogens with zero attached hydrogens (tertiary/aromatic N) is 2. The van der Waals surface area contributed by atoms with Crippen LogP contribution < -0.4 is 0 Å². The second-order valence-corrected chi connectivity index (χ2v) is 6.75. The van der Waals surface area contributed by atoms with Gasteiger partial charge >= 0.3 is 0 Å². The summed E-state index contributed by atoms with van der Waals surface area (Å²) in [6, 6.07) is 0.433. The summed E-state index contributed by atoms with van der Waals surface area (Å²) < 4.78 is 44.2. The Kier molecular flexibility index (Phi) is 4.60. The molecule has 1 aromatic heterocycles. The highest BCUT2D eigenvalue weighted by Gasteiger charge is 2.40. The van der Waals surface area contributed by atoms with Crippen LogP contribution in [0.3, 0.4) is 0 Å². The van der Waals surface area contributed by atoms with Crippen LogP contribution in [0.25, 0.3) is 0 Å².